The summed E-state index contributed by atoms with van der Waals surface area (Å²) in [7, 11) is 0. The van der Waals surface area contributed by atoms with Crippen LogP contribution in [0.3, 0.4) is 0 Å². The first-order chi connectivity index (χ1) is 9.77. The van der Waals surface area contributed by atoms with Crippen molar-refractivity contribution in [1.29, 1.82) is 0 Å². The molecular weight excluding hydrogens is 296 g/mol. The Morgan fingerprint density at radius 1 is 1.43 bits per heavy atom. The minimum Gasteiger partial charge on any atom is -0.481 e. The molecule has 0 spiro atoms. The molecule has 2 N–H and O–H groups in total. The van der Waals surface area contributed by atoms with Crippen LogP contribution in [0.1, 0.15) is 41.2 Å². The van der Waals surface area contributed by atoms with Crippen LogP contribution < -0.4 is 5.32 Å². The van der Waals surface area contributed by atoms with Gasteiger partial charge in [0.2, 0.25) is 0 Å². The number of hydrogen-bond donors (Lipinski definition) is 2. The van der Waals surface area contributed by atoms with E-state index in [4.69, 9.17) is 0 Å². The number of carbonyl (C=O) groups is 2. The Bertz CT molecular complexity index is 563. The van der Waals surface area contributed by atoms with Gasteiger partial charge >= 0.3 is 5.97 Å². The maximum absolute atomic E-state index is 12.0. The molecule has 116 valence electrons. The predicted octanol–water partition coefficient (Wildman–Crippen LogP) is 2.59. The maximum Gasteiger partial charge on any atom is 0.311 e. The molecule has 0 atom stereocenters. The number of carboxylic acids is 1. The number of amides is 1. The van der Waals surface area contributed by atoms with E-state index < -0.39 is 22.2 Å². The topological polar surface area (TPSA) is 110 Å². The van der Waals surface area contributed by atoms with Gasteiger partial charge in [0, 0.05) is 12.6 Å². The lowest BCUT2D eigenvalue weighted by Crippen LogP contribution is -2.42. The van der Waals surface area contributed by atoms with Crippen LogP contribution in [0.25, 0.3) is 0 Å². The number of carboxylic acid groups (broad SMARTS) is 1. The van der Waals surface area contributed by atoms with Crippen LogP contribution in [-0.2, 0) is 4.79 Å². The quantitative estimate of drug-likeness (QED) is 0.594. The molecule has 7 nitrogen and oxygen atoms in total. The largest absolute Gasteiger partial charge is 0.481 e. The second-order valence-corrected chi connectivity index (χ2v) is 6.04. The predicted molar refractivity (Wildman–Crippen MR) is 78.7 cm³/mol. The number of aliphatic carboxylic acids is 1. The van der Waals surface area contributed by atoms with E-state index in [9.17, 15) is 24.8 Å². The van der Waals surface area contributed by atoms with Gasteiger partial charge in [-0.1, -0.05) is 13.8 Å². The summed E-state index contributed by atoms with van der Waals surface area (Å²) in [6.45, 7) is 5.08. The van der Waals surface area contributed by atoms with Crippen LogP contribution in [0, 0.1) is 22.5 Å². The van der Waals surface area contributed by atoms with E-state index in [1.54, 1.807) is 20.8 Å². The zero-order valence-electron chi connectivity index (χ0n) is 12.1. The van der Waals surface area contributed by atoms with E-state index in [0.29, 0.717) is 17.7 Å². The summed E-state index contributed by atoms with van der Waals surface area (Å²) in [5.74, 6) is -1.44. The number of hydrogen-bond acceptors (Lipinski definition) is 5. The van der Waals surface area contributed by atoms with Gasteiger partial charge in [0.1, 0.15) is 0 Å². The van der Waals surface area contributed by atoms with E-state index in [-0.39, 0.29) is 17.1 Å². The molecule has 8 heteroatoms. The Balaban J connectivity index is 2.84. The molecule has 1 heterocycles. The second kappa shape index (κ2) is 6.66. The third kappa shape index (κ3) is 3.57. The molecule has 1 aromatic rings. The lowest BCUT2D eigenvalue weighted by atomic mass is 9.82. The summed E-state index contributed by atoms with van der Waals surface area (Å²) < 4.78 is 0. The van der Waals surface area contributed by atoms with Crippen LogP contribution in [0.2, 0.25) is 0 Å². The SMILES string of the molecule is CCC(CC)(CNC(=O)c1cc([N+](=O)[O-])c(C)s1)C(=O)O. The highest BCUT2D eigenvalue weighted by molar-refractivity contribution is 7.14. The van der Waals surface area contributed by atoms with Crippen LogP contribution in [0.15, 0.2) is 6.07 Å². The molecule has 0 aliphatic heterocycles. The summed E-state index contributed by atoms with van der Waals surface area (Å²) >= 11 is 1.02. The molecule has 1 amide bonds. The molecule has 0 unspecified atom stereocenters. The number of rotatable bonds is 7. The molecule has 0 saturated heterocycles. The number of thiophene rings is 1. The highest BCUT2D eigenvalue weighted by Crippen LogP contribution is 2.29. The fraction of sp³-hybridized carbons (Fsp3) is 0.538. The van der Waals surface area contributed by atoms with E-state index in [2.05, 4.69) is 5.32 Å². The van der Waals surface area contributed by atoms with Crippen molar-refractivity contribution in [1.82, 2.24) is 5.32 Å². The molecule has 0 radical (unpaired) electrons. The number of aryl methyl sites for hydroxylation is 1. The summed E-state index contributed by atoms with van der Waals surface area (Å²) in [5, 5.41) is 22.6. The van der Waals surface area contributed by atoms with Gasteiger partial charge in [-0.3, -0.25) is 19.7 Å². The zero-order chi connectivity index (χ0) is 16.2. The van der Waals surface area contributed by atoms with Crippen LogP contribution in [0.5, 0.6) is 0 Å². The number of nitro groups is 1. The lowest BCUT2D eigenvalue weighted by molar-refractivity contribution is -0.385. The molecule has 0 bridgehead atoms. The van der Waals surface area contributed by atoms with E-state index in [1.807, 2.05) is 0 Å². The summed E-state index contributed by atoms with van der Waals surface area (Å²) in [4.78, 5) is 34.2. The van der Waals surface area contributed by atoms with Gasteiger partial charge in [-0.05, 0) is 19.8 Å². The molecule has 21 heavy (non-hydrogen) atoms. The zero-order valence-corrected chi connectivity index (χ0v) is 13.0. The first-order valence-corrected chi connectivity index (χ1v) is 7.35. The van der Waals surface area contributed by atoms with Crippen molar-refractivity contribution in [3.63, 3.8) is 0 Å². The minimum absolute atomic E-state index is 0.00108. The third-order valence-electron chi connectivity index (χ3n) is 3.71. The first kappa shape index (κ1) is 17.1. The molecule has 0 fully saturated rings. The number of carbonyl (C=O) groups excluding carboxylic acids is 1. The highest BCUT2D eigenvalue weighted by atomic mass is 32.1. The molecular formula is C13H18N2O5S. The monoisotopic (exact) mass is 314 g/mol. The van der Waals surface area contributed by atoms with Gasteiger partial charge in [-0.2, -0.15) is 0 Å². The average molecular weight is 314 g/mol. The Morgan fingerprint density at radius 2 is 2.00 bits per heavy atom. The van der Waals surface area contributed by atoms with Crippen molar-refractivity contribution in [3.8, 4) is 0 Å². The second-order valence-electron chi connectivity index (χ2n) is 4.78. The fourth-order valence-electron chi connectivity index (χ4n) is 1.98. The first-order valence-electron chi connectivity index (χ1n) is 6.53. The maximum atomic E-state index is 12.0. The van der Waals surface area contributed by atoms with E-state index >= 15 is 0 Å². The Kier molecular flexibility index (Phi) is 5.42. The Morgan fingerprint density at radius 3 is 2.38 bits per heavy atom. The van der Waals surface area contributed by atoms with Gasteiger partial charge in [-0.25, -0.2) is 0 Å². The van der Waals surface area contributed by atoms with Gasteiger partial charge in [-0.15, -0.1) is 11.3 Å². The highest BCUT2D eigenvalue weighted by Gasteiger charge is 2.35. The van der Waals surface area contributed by atoms with E-state index in [1.165, 1.54) is 6.07 Å². The smallest absolute Gasteiger partial charge is 0.311 e. The molecule has 0 aliphatic carbocycles. The number of nitrogens with one attached hydrogen (secondary N) is 1. The van der Waals surface area contributed by atoms with Gasteiger partial charge < -0.3 is 10.4 Å². The van der Waals surface area contributed by atoms with Gasteiger partial charge in [0.15, 0.2) is 0 Å². The normalized spacial score (nSPS) is 11.2. The van der Waals surface area contributed by atoms with E-state index in [0.717, 1.165) is 11.3 Å². The molecule has 0 aromatic carbocycles. The summed E-state index contributed by atoms with van der Waals surface area (Å²) in [6, 6.07) is 1.22. The fourth-order valence-corrected chi connectivity index (χ4v) is 2.88. The standard InChI is InChI=1S/C13H18N2O5S/c1-4-13(5-2,12(17)18)7-14-11(16)10-6-9(15(19)20)8(3)21-10/h6H,4-5,7H2,1-3H3,(H,14,16)(H,17,18). The van der Waals surface area contributed by atoms with Crippen molar-refractivity contribution in [2.24, 2.45) is 5.41 Å². The Labute approximate surface area is 126 Å². The molecule has 1 aromatic heterocycles. The average Bonchev–Trinajstić information content (AvgIpc) is 2.82. The van der Waals surface area contributed by atoms with Crippen LogP contribution in [-0.4, -0.2) is 28.5 Å². The van der Waals surface area contributed by atoms with Crippen LogP contribution >= 0.6 is 11.3 Å². The van der Waals surface area contributed by atoms with Gasteiger partial charge in [0.25, 0.3) is 11.6 Å². The van der Waals surface area contributed by atoms with Crippen LogP contribution in [0.4, 0.5) is 5.69 Å². The Hall–Kier alpha value is -1.96. The van der Waals surface area contributed by atoms with Gasteiger partial charge in [0.05, 0.1) is 20.1 Å². The van der Waals surface area contributed by atoms with Crippen molar-refractivity contribution in [2.45, 2.75) is 33.6 Å². The summed E-state index contributed by atoms with van der Waals surface area (Å²) in [6.07, 6.45) is 0.783. The van der Waals surface area contributed by atoms with Crippen molar-refractivity contribution < 1.29 is 19.6 Å². The molecule has 0 saturated carbocycles. The third-order valence-corrected chi connectivity index (χ3v) is 4.75. The molecule has 0 aliphatic rings. The number of nitrogens with zero attached hydrogens (tertiary/aromatic N) is 1. The lowest BCUT2D eigenvalue weighted by Gasteiger charge is -2.26. The summed E-state index contributed by atoms with van der Waals surface area (Å²) in [5.41, 5.74) is -1.10. The minimum atomic E-state index is -1.01. The molecule has 1 rings (SSSR count). The van der Waals surface area contributed by atoms with Crippen molar-refractivity contribution in [2.75, 3.05) is 6.54 Å². The van der Waals surface area contributed by atoms with Crippen molar-refractivity contribution in [3.05, 3.63) is 25.9 Å². The van der Waals surface area contributed by atoms with Crippen molar-refractivity contribution >= 4 is 28.9 Å².